The Hall–Kier alpha value is -1.06. The molecule has 0 aliphatic rings. The first-order chi connectivity index (χ1) is 6.93. The van der Waals surface area contributed by atoms with Crippen molar-refractivity contribution in [3.63, 3.8) is 0 Å². The van der Waals surface area contributed by atoms with Crippen LogP contribution in [0.5, 0.6) is 0 Å². The molecule has 0 heterocycles. The Bertz CT molecular complexity index is 271. The van der Waals surface area contributed by atoms with E-state index in [0.717, 1.165) is 0 Å². The number of ether oxygens (including phenoxy) is 1. The zero-order valence-corrected chi connectivity index (χ0v) is 11.1. The quantitative estimate of drug-likeness (QED) is 0.580. The highest BCUT2D eigenvalue weighted by atomic mass is 16.5. The smallest absolute Gasteiger partial charge is 0.396 e. The van der Waals surface area contributed by atoms with Crippen LogP contribution in [0, 0.1) is 10.8 Å². The second kappa shape index (κ2) is 4.85. The maximum Gasteiger partial charge on any atom is 0.396 e. The van der Waals surface area contributed by atoms with Crippen molar-refractivity contribution in [2.75, 3.05) is 0 Å². The summed E-state index contributed by atoms with van der Waals surface area (Å²) in [5.74, 6) is -1.99. The molecule has 0 aromatic rings. The monoisotopic (exact) mass is 229 g/mol. The molecule has 0 saturated carbocycles. The number of rotatable bonds is 2. The Morgan fingerprint density at radius 1 is 1.12 bits per heavy atom. The minimum Gasteiger partial charge on any atom is -0.455 e. The summed E-state index contributed by atoms with van der Waals surface area (Å²) in [5.41, 5.74) is 4.69. The summed E-state index contributed by atoms with van der Waals surface area (Å²) < 4.78 is 5.14. The minimum absolute atomic E-state index is 0.0237. The van der Waals surface area contributed by atoms with Crippen LogP contribution in [0.25, 0.3) is 0 Å². The van der Waals surface area contributed by atoms with Crippen molar-refractivity contribution in [3.8, 4) is 0 Å². The lowest BCUT2D eigenvalue weighted by Crippen LogP contribution is -2.38. The average molecular weight is 229 g/mol. The maximum atomic E-state index is 11.2. The van der Waals surface area contributed by atoms with E-state index in [1.54, 1.807) is 0 Å². The van der Waals surface area contributed by atoms with Crippen molar-refractivity contribution >= 4 is 11.9 Å². The highest BCUT2D eigenvalue weighted by Gasteiger charge is 2.33. The van der Waals surface area contributed by atoms with Crippen LogP contribution < -0.4 is 5.73 Å². The lowest BCUT2D eigenvalue weighted by atomic mass is 9.78. The second-order valence-electron chi connectivity index (χ2n) is 6.39. The molecule has 4 nitrogen and oxygen atoms in total. The lowest BCUT2D eigenvalue weighted by molar-refractivity contribution is -0.163. The van der Waals surface area contributed by atoms with Gasteiger partial charge < -0.3 is 10.5 Å². The summed E-state index contributed by atoms with van der Waals surface area (Å²) in [4.78, 5) is 21.9. The molecule has 0 aliphatic heterocycles. The van der Waals surface area contributed by atoms with Gasteiger partial charge in [-0.3, -0.25) is 4.79 Å². The zero-order chi connectivity index (χ0) is 13.1. The van der Waals surface area contributed by atoms with Crippen LogP contribution in [0.4, 0.5) is 0 Å². The molecule has 0 bridgehead atoms. The SMILES string of the molecule is CC(C)(C)CC(OC(=O)C(N)=O)C(C)(C)C. The first-order valence-corrected chi connectivity index (χ1v) is 5.44. The van der Waals surface area contributed by atoms with Gasteiger partial charge in [-0.05, 0) is 17.3 Å². The van der Waals surface area contributed by atoms with Crippen LogP contribution in [0.15, 0.2) is 0 Å². The molecule has 0 aromatic heterocycles. The largest absolute Gasteiger partial charge is 0.455 e. The van der Waals surface area contributed by atoms with Gasteiger partial charge in [0.15, 0.2) is 0 Å². The van der Waals surface area contributed by atoms with Crippen molar-refractivity contribution in [1.82, 2.24) is 0 Å². The fourth-order valence-corrected chi connectivity index (χ4v) is 1.27. The fourth-order valence-electron chi connectivity index (χ4n) is 1.27. The van der Waals surface area contributed by atoms with Crippen LogP contribution in [-0.2, 0) is 14.3 Å². The third kappa shape index (κ3) is 5.73. The number of carbonyl (C=O) groups excluding carboxylic acids is 2. The van der Waals surface area contributed by atoms with Gasteiger partial charge in [0.05, 0.1) is 0 Å². The molecular formula is C12H23NO3. The molecular weight excluding hydrogens is 206 g/mol. The standard InChI is InChI=1S/C12H23NO3/c1-11(2,3)7-8(12(4,5)6)16-10(15)9(13)14/h8H,7H2,1-6H3,(H2,13,14). The first kappa shape index (κ1) is 14.9. The number of nitrogens with two attached hydrogens (primary N) is 1. The van der Waals surface area contributed by atoms with Crippen LogP contribution in [0.1, 0.15) is 48.0 Å². The fraction of sp³-hybridized carbons (Fsp3) is 0.833. The highest BCUT2D eigenvalue weighted by molar-refractivity contribution is 6.31. The van der Waals surface area contributed by atoms with Crippen molar-refractivity contribution in [1.29, 1.82) is 0 Å². The van der Waals surface area contributed by atoms with E-state index in [1.165, 1.54) is 0 Å². The van der Waals surface area contributed by atoms with Gasteiger partial charge in [0.2, 0.25) is 0 Å². The summed E-state index contributed by atoms with van der Waals surface area (Å²) >= 11 is 0. The van der Waals surface area contributed by atoms with Crippen LogP contribution >= 0.6 is 0 Å². The van der Waals surface area contributed by atoms with Crippen LogP contribution in [0.2, 0.25) is 0 Å². The van der Waals surface area contributed by atoms with Gasteiger partial charge >= 0.3 is 11.9 Å². The Balaban J connectivity index is 4.71. The molecule has 0 aliphatic carbocycles. The van der Waals surface area contributed by atoms with Crippen molar-refractivity contribution in [2.45, 2.75) is 54.1 Å². The predicted octanol–water partition coefficient (Wildman–Crippen LogP) is 1.87. The van der Waals surface area contributed by atoms with E-state index in [2.05, 4.69) is 20.8 Å². The Morgan fingerprint density at radius 2 is 1.56 bits per heavy atom. The molecule has 1 unspecified atom stereocenters. The van der Waals surface area contributed by atoms with Crippen molar-refractivity contribution in [3.05, 3.63) is 0 Å². The van der Waals surface area contributed by atoms with E-state index < -0.39 is 11.9 Å². The summed E-state index contributed by atoms with van der Waals surface area (Å²) in [6, 6.07) is 0. The molecule has 0 radical (unpaired) electrons. The van der Waals surface area contributed by atoms with Gasteiger partial charge in [-0.2, -0.15) is 0 Å². The minimum atomic E-state index is -1.04. The molecule has 1 amide bonds. The van der Waals surface area contributed by atoms with E-state index in [-0.39, 0.29) is 16.9 Å². The van der Waals surface area contributed by atoms with Gasteiger partial charge in [-0.25, -0.2) is 4.79 Å². The van der Waals surface area contributed by atoms with Crippen molar-refractivity contribution in [2.24, 2.45) is 16.6 Å². The predicted molar refractivity (Wildman–Crippen MR) is 62.6 cm³/mol. The topological polar surface area (TPSA) is 69.4 Å². The van der Waals surface area contributed by atoms with Gasteiger partial charge in [0, 0.05) is 0 Å². The van der Waals surface area contributed by atoms with Gasteiger partial charge in [0.25, 0.3) is 0 Å². The molecule has 16 heavy (non-hydrogen) atoms. The van der Waals surface area contributed by atoms with Crippen molar-refractivity contribution < 1.29 is 14.3 Å². The number of amides is 1. The molecule has 0 rings (SSSR count). The van der Waals surface area contributed by atoms with Crippen LogP contribution in [0.3, 0.4) is 0 Å². The molecule has 0 aromatic carbocycles. The molecule has 0 fully saturated rings. The van der Waals surface area contributed by atoms with E-state index in [4.69, 9.17) is 10.5 Å². The normalized spacial score (nSPS) is 14.4. The maximum absolute atomic E-state index is 11.2. The third-order valence-corrected chi connectivity index (χ3v) is 2.21. The molecule has 0 spiro atoms. The molecule has 0 saturated heterocycles. The number of hydrogen-bond donors (Lipinski definition) is 1. The molecule has 1 atom stereocenters. The second-order valence-corrected chi connectivity index (χ2v) is 6.39. The molecule has 2 N–H and O–H groups in total. The summed E-state index contributed by atoms with van der Waals surface area (Å²) in [7, 11) is 0. The average Bonchev–Trinajstić information content (AvgIpc) is 1.98. The van der Waals surface area contributed by atoms with E-state index in [0.29, 0.717) is 6.42 Å². The van der Waals surface area contributed by atoms with E-state index in [1.807, 2.05) is 20.8 Å². The Labute approximate surface area is 97.5 Å². The lowest BCUT2D eigenvalue weighted by Gasteiger charge is -2.34. The van der Waals surface area contributed by atoms with Crippen LogP contribution in [-0.4, -0.2) is 18.0 Å². The third-order valence-electron chi connectivity index (χ3n) is 2.21. The number of esters is 1. The van der Waals surface area contributed by atoms with Gasteiger partial charge in [-0.15, -0.1) is 0 Å². The zero-order valence-electron chi connectivity index (χ0n) is 11.1. The van der Waals surface area contributed by atoms with E-state index in [9.17, 15) is 9.59 Å². The number of hydrogen-bond acceptors (Lipinski definition) is 3. The Kier molecular flexibility index (Phi) is 4.53. The molecule has 94 valence electrons. The van der Waals surface area contributed by atoms with Gasteiger partial charge in [-0.1, -0.05) is 41.5 Å². The Morgan fingerprint density at radius 3 is 1.81 bits per heavy atom. The van der Waals surface area contributed by atoms with E-state index >= 15 is 0 Å². The molecule has 4 heteroatoms. The summed E-state index contributed by atoms with van der Waals surface area (Å²) in [6.45, 7) is 12.1. The van der Waals surface area contributed by atoms with Gasteiger partial charge in [0.1, 0.15) is 6.10 Å². The number of primary amides is 1. The highest BCUT2D eigenvalue weighted by Crippen LogP contribution is 2.32. The summed E-state index contributed by atoms with van der Waals surface area (Å²) in [5, 5.41) is 0. The first-order valence-electron chi connectivity index (χ1n) is 5.44. The summed E-state index contributed by atoms with van der Waals surface area (Å²) in [6.07, 6.45) is 0.377. The number of carbonyl (C=O) groups is 2.